The fourth-order valence-corrected chi connectivity index (χ4v) is 3.40. The van der Waals surface area contributed by atoms with Crippen LogP contribution in [0.25, 0.3) is 0 Å². The van der Waals surface area contributed by atoms with E-state index < -0.39 is 11.5 Å². The van der Waals surface area contributed by atoms with Crippen LogP contribution < -0.4 is 10.6 Å². The molecule has 0 spiro atoms. The molecular formula is C23H30N2O3. The number of urea groups is 1. The molecule has 2 aromatic carbocycles. The Hall–Kier alpha value is -2.82. The van der Waals surface area contributed by atoms with E-state index in [4.69, 9.17) is 4.74 Å². The van der Waals surface area contributed by atoms with Gasteiger partial charge in [0.2, 0.25) is 0 Å². The van der Waals surface area contributed by atoms with Crippen LogP contribution in [0.5, 0.6) is 0 Å². The molecule has 2 rings (SSSR count). The summed E-state index contributed by atoms with van der Waals surface area (Å²) in [6.45, 7) is 3.91. The molecule has 0 aliphatic heterocycles. The molecule has 2 aromatic rings. The maximum atomic E-state index is 12.7. The molecule has 0 radical (unpaired) electrons. The van der Waals surface area contributed by atoms with Crippen molar-refractivity contribution in [3.8, 4) is 0 Å². The van der Waals surface area contributed by atoms with Crippen molar-refractivity contribution >= 4 is 12.0 Å². The van der Waals surface area contributed by atoms with Gasteiger partial charge in [-0.05, 0) is 37.3 Å². The fraction of sp³-hybridized carbons (Fsp3) is 0.391. The monoisotopic (exact) mass is 382 g/mol. The lowest BCUT2D eigenvalue weighted by Crippen LogP contribution is -2.58. The summed E-state index contributed by atoms with van der Waals surface area (Å²) < 4.78 is 5.07. The quantitative estimate of drug-likeness (QED) is 0.632. The first-order chi connectivity index (χ1) is 13.5. The Kier molecular flexibility index (Phi) is 8.05. The summed E-state index contributed by atoms with van der Waals surface area (Å²) in [6.07, 6.45) is 2.41. The van der Waals surface area contributed by atoms with Crippen molar-refractivity contribution in [2.75, 3.05) is 7.11 Å². The largest absolute Gasteiger partial charge is 0.467 e. The van der Waals surface area contributed by atoms with Gasteiger partial charge >= 0.3 is 12.0 Å². The number of amides is 2. The summed E-state index contributed by atoms with van der Waals surface area (Å²) in [5, 5.41) is 5.86. The summed E-state index contributed by atoms with van der Waals surface area (Å²) in [4.78, 5) is 25.4. The predicted molar refractivity (Wildman–Crippen MR) is 111 cm³/mol. The summed E-state index contributed by atoms with van der Waals surface area (Å²) in [5.41, 5.74) is 1.06. The molecule has 28 heavy (non-hydrogen) atoms. The summed E-state index contributed by atoms with van der Waals surface area (Å²) in [5.74, 6) is -0.409. The Labute approximate surface area is 167 Å². The lowest BCUT2D eigenvalue weighted by molar-refractivity contribution is -0.148. The third-order valence-electron chi connectivity index (χ3n) is 4.94. The standard InChI is InChI=1S/C23H30N2O3/c1-4-16-23(21(26)28-3,17-15-19-11-7-5-8-12-19)25-22(27)24-18(2)20-13-9-6-10-14-20/h5-14,18H,4,15-17H2,1-3H3,(H2,24,25,27)/t18-,23+/m1/s1. The maximum absolute atomic E-state index is 12.7. The van der Waals surface area contributed by atoms with Gasteiger partial charge in [0, 0.05) is 0 Å². The number of benzene rings is 2. The Morgan fingerprint density at radius 2 is 1.61 bits per heavy atom. The van der Waals surface area contributed by atoms with E-state index >= 15 is 0 Å². The van der Waals surface area contributed by atoms with E-state index in [9.17, 15) is 9.59 Å². The van der Waals surface area contributed by atoms with Gasteiger partial charge < -0.3 is 15.4 Å². The van der Waals surface area contributed by atoms with E-state index in [0.717, 1.165) is 17.5 Å². The molecule has 0 saturated heterocycles. The van der Waals surface area contributed by atoms with Gasteiger partial charge in [0.05, 0.1) is 13.2 Å². The average Bonchev–Trinajstić information content (AvgIpc) is 2.72. The number of ether oxygens (including phenoxy) is 1. The van der Waals surface area contributed by atoms with Crippen LogP contribution in [-0.4, -0.2) is 24.6 Å². The first-order valence-electron chi connectivity index (χ1n) is 9.76. The number of methoxy groups -OCH3 is 1. The van der Waals surface area contributed by atoms with E-state index in [1.54, 1.807) is 0 Å². The van der Waals surface area contributed by atoms with E-state index in [1.165, 1.54) is 7.11 Å². The third kappa shape index (κ3) is 5.84. The Bertz CT molecular complexity index is 749. The van der Waals surface area contributed by atoms with E-state index in [2.05, 4.69) is 10.6 Å². The lowest BCUT2D eigenvalue weighted by Gasteiger charge is -2.32. The second-order valence-electron chi connectivity index (χ2n) is 7.04. The van der Waals surface area contributed by atoms with E-state index in [1.807, 2.05) is 74.5 Å². The van der Waals surface area contributed by atoms with Crippen molar-refractivity contribution in [2.45, 2.75) is 51.1 Å². The minimum atomic E-state index is -1.06. The number of rotatable bonds is 9. The molecule has 2 atom stereocenters. The van der Waals surface area contributed by atoms with Crippen LogP contribution in [-0.2, 0) is 16.0 Å². The van der Waals surface area contributed by atoms with E-state index in [-0.39, 0.29) is 12.1 Å². The highest BCUT2D eigenvalue weighted by Crippen LogP contribution is 2.23. The Balaban J connectivity index is 2.13. The van der Waals surface area contributed by atoms with Gasteiger partial charge in [-0.1, -0.05) is 74.0 Å². The van der Waals surface area contributed by atoms with Crippen LogP contribution in [0.3, 0.4) is 0 Å². The lowest BCUT2D eigenvalue weighted by atomic mass is 9.86. The van der Waals surface area contributed by atoms with Gasteiger partial charge in [0.25, 0.3) is 0 Å². The van der Waals surface area contributed by atoms with Crippen LogP contribution in [0.2, 0.25) is 0 Å². The highest BCUT2D eigenvalue weighted by molar-refractivity contribution is 5.87. The number of aryl methyl sites for hydroxylation is 1. The molecule has 150 valence electrons. The maximum Gasteiger partial charge on any atom is 0.331 e. The minimum absolute atomic E-state index is 0.174. The molecular weight excluding hydrogens is 352 g/mol. The second kappa shape index (κ2) is 10.5. The van der Waals surface area contributed by atoms with Crippen LogP contribution >= 0.6 is 0 Å². The summed E-state index contributed by atoms with van der Waals surface area (Å²) in [7, 11) is 1.36. The van der Waals surface area contributed by atoms with Crippen LogP contribution in [0.1, 0.15) is 50.3 Å². The number of carbonyl (C=O) groups excluding carboxylic acids is 2. The molecule has 0 bridgehead atoms. The molecule has 2 N–H and O–H groups in total. The third-order valence-corrected chi connectivity index (χ3v) is 4.94. The smallest absolute Gasteiger partial charge is 0.331 e. The molecule has 0 saturated carbocycles. The van der Waals surface area contributed by atoms with Crippen LogP contribution in [0.4, 0.5) is 4.79 Å². The number of carbonyl (C=O) groups is 2. The van der Waals surface area contributed by atoms with E-state index in [0.29, 0.717) is 19.3 Å². The van der Waals surface area contributed by atoms with Crippen molar-refractivity contribution in [2.24, 2.45) is 0 Å². The van der Waals surface area contributed by atoms with Gasteiger partial charge in [-0.2, -0.15) is 0 Å². The second-order valence-corrected chi connectivity index (χ2v) is 7.04. The minimum Gasteiger partial charge on any atom is -0.467 e. The van der Waals surface area contributed by atoms with Crippen molar-refractivity contribution < 1.29 is 14.3 Å². The van der Waals surface area contributed by atoms with Crippen molar-refractivity contribution in [1.82, 2.24) is 10.6 Å². The zero-order valence-electron chi connectivity index (χ0n) is 16.9. The summed E-state index contributed by atoms with van der Waals surface area (Å²) >= 11 is 0. The Morgan fingerprint density at radius 3 is 2.18 bits per heavy atom. The average molecular weight is 383 g/mol. The van der Waals surface area contributed by atoms with Crippen molar-refractivity contribution in [1.29, 1.82) is 0 Å². The highest BCUT2D eigenvalue weighted by atomic mass is 16.5. The molecule has 2 amide bonds. The van der Waals surface area contributed by atoms with Crippen molar-refractivity contribution in [3.63, 3.8) is 0 Å². The molecule has 0 unspecified atom stereocenters. The zero-order chi connectivity index (χ0) is 20.4. The van der Waals surface area contributed by atoms with Gasteiger partial charge in [-0.15, -0.1) is 0 Å². The number of hydrogen-bond donors (Lipinski definition) is 2. The first-order valence-corrected chi connectivity index (χ1v) is 9.76. The van der Waals surface area contributed by atoms with Crippen molar-refractivity contribution in [3.05, 3.63) is 71.8 Å². The molecule has 5 nitrogen and oxygen atoms in total. The number of nitrogens with one attached hydrogen (secondary N) is 2. The molecule has 0 aromatic heterocycles. The first kappa shape index (κ1) is 21.5. The van der Waals surface area contributed by atoms with Gasteiger partial charge in [0.15, 0.2) is 0 Å². The Morgan fingerprint density at radius 1 is 1.00 bits per heavy atom. The van der Waals surface area contributed by atoms with Gasteiger partial charge in [-0.3, -0.25) is 0 Å². The number of hydrogen-bond acceptors (Lipinski definition) is 3. The van der Waals surface area contributed by atoms with Gasteiger partial charge in [0.1, 0.15) is 5.54 Å². The fourth-order valence-electron chi connectivity index (χ4n) is 3.40. The topological polar surface area (TPSA) is 67.4 Å². The van der Waals surface area contributed by atoms with Gasteiger partial charge in [-0.25, -0.2) is 9.59 Å². The molecule has 0 aliphatic rings. The van der Waals surface area contributed by atoms with Crippen LogP contribution in [0.15, 0.2) is 60.7 Å². The molecule has 0 heterocycles. The number of esters is 1. The van der Waals surface area contributed by atoms with Crippen LogP contribution in [0, 0.1) is 0 Å². The molecule has 0 aliphatic carbocycles. The highest BCUT2D eigenvalue weighted by Gasteiger charge is 2.40. The summed E-state index contributed by atoms with van der Waals surface area (Å²) in [6, 6.07) is 19.1. The predicted octanol–water partition coefficient (Wildman–Crippen LogP) is 4.39. The zero-order valence-corrected chi connectivity index (χ0v) is 16.9. The molecule has 0 fully saturated rings. The normalized spacial score (nSPS) is 13.8. The SMILES string of the molecule is CCC[C@@](CCc1ccccc1)(NC(=O)N[C@H](C)c1ccccc1)C(=O)OC. The molecule has 5 heteroatoms.